The van der Waals surface area contributed by atoms with E-state index in [1.807, 2.05) is 0 Å². The molecule has 4 rings (SSSR count). The van der Waals surface area contributed by atoms with Crippen molar-refractivity contribution >= 4 is 17.7 Å². The Kier molecular flexibility index (Phi) is 4.86. The first-order valence-electron chi connectivity index (χ1n) is 9.06. The molecule has 150 valence electrons. The minimum absolute atomic E-state index is 0.244. The third kappa shape index (κ3) is 3.74. The third-order valence-electron chi connectivity index (χ3n) is 5.17. The molecule has 0 fully saturated rings. The second-order valence-corrected chi connectivity index (χ2v) is 7.06. The normalized spacial score (nSPS) is 18.9. The molecule has 2 heterocycles. The number of halogens is 4. The second kappa shape index (κ2) is 7.35. The largest absolute Gasteiger partial charge is 0.392 e. The molecule has 2 unspecified atom stereocenters. The Labute approximate surface area is 164 Å². The Balaban J connectivity index is 1.86. The number of anilines is 2. The van der Waals surface area contributed by atoms with Crippen molar-refractivity contribution in [2.45, 2.75) is 24.9 Å². The number of nitrogens with zero attached hydrogens (tertiary/aromatic N) is 1. The van der Waals surface area contributed by atoms with Crippen molar-refractivity contribution in [3.05, 3.63) is 65.9 Å². The number of benzene rings is 1. The van der Waals surface area contributed by atoms with Crippen LogP contribution in [-0.2, 0) is 11.2 Å². The highest BCUT2D eigenvalue weighted by molar-refractivity contribution is 5.86. The van der Waals surface area contributed by atoms with Crippen LogP contribution in [0.3, 0.4) is 0 Å². The molecule has 2 N–H and O–H groups in total. The molecule has 0 radical (unpaired) electrons. The summed E-state index contributed by atoms with van der Waals surface area (Å²) in [5.41, 5.74) is 3.01. The van der Waals surface area contributed by atoms with Gasteiger partial charge in [0.15, 0.2) is 0 Å². The number of carbonyl (C=O) groups is 1. The van der Waals surface area contributed by atoms with E-state index in [0.29, 0.717) is 40.2 Å². The number of nitrogens with one attached hydrogen (secondary N) is 2. The number of alkyl halides is 3. The Morgan fingerprint density at radius 3 is 2.59 bits per heavy atom. The molecular weight excluding hydrogens is 386 g/mol. The van der Waals surface area contributed by atoms with Crippen molar-refractivity contribution in [3.8, 4) is 11.3 Å². The smallest absolute Gasteiger partial charge is 0.356 e. The number of aromatic amines is 1. The highest BCUT2D eigenvalue weighted by atomic mass is 19.4. The zero-order valence-electron chi connectivity index (χ0n) is 15.1. The van der Waals surface area contributed by atoms with Gasteiger partial charge in [0.25, 0.3) is 0 Å². The Morgan fingerprint density at radius 2 is 1.93 bits per heavy atom. The lowest BCUT2D eigenvalue weighted by Gasteiger charge is -2.28. The Hall–Kier alpha value is -3.16. The highest BCUT2D eigenvalue weighted by Crippen LogP contribution is 2.47. The van der Waals surface area contributed by atoms with Crippen LogP contribution in [-0.4, -0.2) is 22.4 Å². The van der Waals surface area contributed by atoms with Crippen LogP contribution in [0, 0.1) is 11.7 Å². The van der Waals surface area contributed by atoms with E-state index in [0.717, 1.165) is 0 Å². The van der Waals surface area contributed by atoms with E-state index in [4.69, 9.17) is 0 Å². The molecule has 4 nitrogen and oxygen atoms in total. The van der Waals surface area contributed by atoms with Gasteiger partial charge in [-0.2, -0.15) is 13.2 Å². The molecule has 3 aromatic rings. The van der Waals surface area contributed by atoms with Gasteiger partial charge in [-0.25, -0.2) is 4.39 Å². The quantitative estimate of drug-likeness (QED) is 0.455. The number of fused-ring (bicyclic) bond motifs is 1. The van der Waals surface area contributed by atoms with Crippen LogP contribution in [0.2, 0.25) is 0 Å². The first kappa shape index (κ1) is 19.2. The first-order valence-corrected chi connectivity index (χ1v) is 9.06. The SMILES string of the molecule is O=CC1CC(C(F)(F)F)Cc2[nH]c(-c3ccncc3)c(Nc3cccc(F)c3)c21. The van der Waals surface area contributed by atoms with Gasteiger partial charge in [0.2, 0.25) is 0 Å². The zero-order chi connectivity index (χ0) is 20.6. The summed E-state index contributed by atoms with van der Waals surface area (Å²) in [6, 6.07) is 9.18. The summed E-state index contributed by atoms with van der Waals surface area (Å²) >= 11 is 0. The molecule has 0 saturated heterocycles. The van der Waals surface area contributed by atoms with Crippen molar-refractivity contribution < 1.29 is 22.4 Å². The number of pyridine rings is 1. The number of aldehydes is 1. The number of hydrogen-bond acceptors (Lipinski definition) is 3. The van der Waals surface area contributed by atoms with E-state index in [9.17, 15) is 22.4 Å². The van der Waals surface area contributed by atoms with Crippen LogP contribution >= 0.6 is 0 Å². The van der Waals surface area contributed by atoms with Gasteiger partial charge in [0.05, 0.1) is 17.3 Å². The minimum Gasteiger partial charge on any atom is -0.356 e. The van der Waals surface area contributed by atoms with Crippen molar-refractivity contribution in [2.24, 2.45) is 5.92 Å². The predicted octanol–water partition coefficient (Wildman–Crippen LogP) is 5.37. The van der Waals surface area contributed by atoms with Crippen LogP contribution in [0.4, 0.5) is 28.9 Å². The fraction of sp³-hybridized carbons (Fsp3) is 0.238. The van der Waals surface area contributed by atoms with Gasteiger partial charge in [-0.1, -0.05) is 6.07 Å². The Bertz CT molecular complexity index is 1030. The minimum atomic E-state index is -4.39. The molecule has 2 aromatic heterocycles. The fourth-order valence-electron chi connectivity index (χ4n) is 3.84. The average molecular weight is 403 g/mol. The summed E-state index contributed by atoms with van der Waals surface area (Å²) in [6.45, 7) is 0. The summed E-state index contributed by atoms with van der Waals surface area (Å²) in [6.07, 6.45) is -1.26. The van der Waals surface area contributed by atoms with Gasteiger partial charge in [0, 0.05) is 40.8 Å². The van der Waals surface area contributed by atoms with E-state index in [-0.39, 0.29) is 12.8 Å². The molecule has 0 amide bonds. The predicted molar refractivity (Wildman–Crippen MR) is 100 cm³/mol. The lowest BCUT2D eigenvalue weighted by atomic mass is 9.79. The molecule has 0 aliphatic heterocycles. The molecule has 8 heteroatoms. The molecule has 0 saturated carbocycles. The second-order valence-electron chi connectivity index (χ2n) is 7.06. The van der Waals surface area contributed by atoms with Gasteiger partial charge in [-0.3, -0.25) is 4.98 Å². The summed E-state index contributed by atoms with van der Waals surface area (Å²) in [5.74, 6) is -2.97. The molecular formula is C21H17F4N3O. The average Bonchev–Trinajstić information content (AvgIpc) is 3.06. The Morgan fingerprint density at radius 1 is 1.17 bits per heavy atom. The summed E-state index contributed by atoms with van der Waals surface area (Å²) in [4.78, 5) is 18.8. The molecule has 1 aromatic carbocycles. The van der Waals surface area contributed by atoms with Gasteiger partial charge >= 0.3 is 6.18 Å². The lowest BCUT2D eigenvalue weighted by Crippen LogP contribution is -2.31. The maximum absolute atomic E-state index is 13.6. The van der Waals surface area contributed by atoms with Gasteiger partial charge < -0.3 is 15.1 Å². The third-order valence-corrected chi connectivity index (χ3v) is 5.17. The lowest BCUT2D eigenvalue weighted by molar-refractivity contribution is -0.178. The molecule has 29 heavy (non-hydrogen) atoms. The molecule has 1 aliphatic rings. The summed E-state index contributed by atoms with van der Waals surface area (Å²) < 4.78 is 53.8. The summed E-state index contributed by atoms with van der Waals surface area (Å²) in [7, 11) is 0. The van der Waals surface area contributed by atoms with Crippen LogP contribution in [0.5, 0.6) is 0 Å². The van der Waals surface area contributed by atoms with Crippen molar-refractivity contribution in [2.75, 3.05) is 5.32 Å². The van der Waals surface area contributed by atoms with Crippen molar-refractivity contribution in [3.63, 3.8) is 0 Å². The van der Waals surface area contributed by atoms with E-state index in [2.05, 4.69) is 15.3 Å². The van der Waals surface area contributed by atoms with Crippen molar-refractivity contribution in [1.82, 2.24) is 9.97 Å². The van der Waals surface area contributed by atoms with E-state index < -0.39 is 23.8 Å². The van der Waals surface area contributed by atoms with Crippen LogP contribution in [0.1, 0.15) is 23.6 Å². The van der Waals surface area contributed by atoms with Crippen LogP contribution in [0.15, 0.2) is 48.8 Å². The van der Waals surface area contributed by atoms with Gasteiger partial charge in [0.1, 0.15) is 12.1 Å². The maximum atomic E-state index is 13.6. The zero-order valence-corrected chi connectivity index (χ0v) is 15.1. The first-order chi connectivity index (χ1) is 13.9. The monoisotopic (exact) mass is 403 g/mol. The fourth-order valence-corrected chi connectivity index (χ4v) is 3.84. The van der Waals surface area contributed by atoms with Gasteiger partial charge in [-0.05, 0) is 43.2 Å². The summed E-state index contributed by atoms with van der Waals surface area (Å²) in [5, 5.41) is 3.11. The highest BCUT2D eigenvalue weighted by Gasteiger charge is 2.45. The molecule has 0 bridgehead atoms. The number of hydrogen-bond donors (Lipinski definition) is 2. The number of aromatic nitrogens is 2. The van der Waals surface area contributed by atoms with Crippen LogP contribution < -0.4 is 5.32 Å². The van der Waals surface area contributed by atoms with Crippen molar-refractivity contribution in [1.29, 1.82) is 0 Å². The van der Waals surface area contributed by atoms with E-state index in [1.54, 1.807) is 30.6 Å². The topological polar surface area (TPSA) is 57.8 Å². The number of rotatable bonds is 4. The molecule has 2 atom stereocenters. The molecule has 0 spiro atoms. The maximum Gasteiger partial charge on any atom is 0.392 e. The standard InChI is InChI=1S/C21H17F4N3O/c22-15-2-1-3-16(10-15)27-20-18-13(11-29)8-14(21(23,24)25)9-17(18)28-19(20)12-4-6-26-7-5-12/h1-7,10-11,13-14,27-28H,8-9H2. The molecule has 1 aliphatic carbocycles. The number of carbonyl (C=O) groups excluding carboxylic acids is 1. The van der Waals surface area contributed by atoms with Crippen LogP contribution in [0.25, 0.3) is 11.3 Å². The van der Waals surface area contributed by atoms with Gasteiger partial charge in [-0.15, -0.1) is 0 Å². The van der Waals surface area contributed by atoms with E-state index in [1.165, 1.54) is 18.2 Å². The number of H-pyrrole nitrogens is 1. The van der Waals surface area contributed by atoms with E-state index >= 15 is 0 Å².